The summed E-state index contributed by atoms with van der Waals surface area (Å²) in [7, 11) is -9.46. The maximum absolute atomic E-state index is 13.4. The van der Waals surface area contributed by atoms with Crippen LogP contribution in [0.1, 0.15) is 10.4 Å². The van der Waals surface area contributed by atoms with Crippen LogP contribution in [0.5, 0.6) is 0 Å². The van der Waals surface area contributed by atoms with E-state index in [1.807, 2.05) is 0 Å². The van der Waals surface area contributed by atoms with Gasteiger partial charge in [0.15, 0.2) is 6.29 Å². The molecule has 3 aromatic carbocycles. The zero-order chi connectivity index (χ0) is 22.3. The molecule has 3 rings (SSSR count). The van der Waals surface area contributed by atoms with Crippen molar-refractivity contribution >= 4 is 75.2 Å². The molecule has 0 radical (unpaired) electrons. The lowest BCUT2D eigenvalue weighted by atomic mass is 10.0. The Balaban J connectivity index is 2.38. The molecule has 0 unspecified atom stereocenters. The number of carbonyl (C=O) groups is 1. The van der Waals surface area contributed by atoms with E-state index in [1.54, 1.807) is 18.2 Å². The van der Waals surface area contributed by atoms with Crippen LogP contribution in [-0.2, 0) is 14.6 Å². The topological polar surface area (TPSA) is 112 Å². The number of fused-ring (bicyclic) bond motifs is 1. The molecule has 0 spiro atoms. The van der Waals surface area contributed by atoms with Crippen molar-refractivity contribution in [2.24, 2.45) is 0 Å². The van der Waals surface area contributed by atoms with Gasteiger partial charge in [0.25, 0.3) is 10.0 Å². The molecule has 0 saturated carbocycles. The van der Waals surface area contributed by atoms with E-state index in [2.05, 4.69) is 0 Å². The smallest absolute Gasteiger partial charge is 0.323 e. The average molecular weight is 509 g/mol. The third-order valence-electron chi connectivity index (χ3n) is 4.11. The summed E-state index contributed by atoms with van der Waals surface area (Å²) in [4.78, 5) is 30.2. The Morgan fingerprint density at radius 1 is 0.967 bits per heavy atom. The van der Waals surface area contributed by atoms with Crippen molar-refractivity contribution in [3.8, 4) is 0 Å². The van der Waals surface area contributed by atoms with Crippen LogP contribution >= 0.6 is 42.4 Å². The van der Waals surface area contributed by atoms with Crippen LogP contribution < -0.4 is 4.31 Å². The van der Waals surface area contributed by atoms with Crippen LogP contribution in [0.15, 0.2) is 53.4 Å². The van der Waals surface area contributed by atoms with Gasteiger partial charge in [-0.05, 0) is 29.7 Å². The second-order valence-corrected chi connectivity index (χ2v) is 11.0. The zero-order valence-electron chi connectivity index (χ0n) is 14.9. The molecule has 0 fully saturated rings. The molecule has 7 nitrogen and oxygen atoms in total. The lowest BCUT2D eigenvalue weighted by Crippen LogP contribution is -2.32. The summed E-state index contributed by atoms with van der Waals surface area (Å²) >= 11 is 18.1. The highest BCUT2D eigenvalue weighted by molar-refractivity contribution is 7.93. The minimum absolute atomic E-state index is 0.0180. The number of hydrogen-bond acceptors (Lipinski definition) is 4. The van der Waals surface area contributed by atoms with E-state index in [0.717, 1.165) is 12.1 Å². The summed E-state index contributed by atoms with van der Waals surface area (Å²) in [5.41, 5.74) is 0.0102. The number of anilines is 1. The second-order valence-electron chi connectivity index (χ2n) is 6.22. The van der Waals surface area contributed by atoms with Gasteiger partial charge < -0.3 is 9.79 Å². The third kappa shape index (κ3) is 4.65. The summed E-state index contributed by atoms with van der Waals surface area (Å²) < 4.78 is 39.1. The first-order valence-electron chi connectivity index (χ1n) is 8.14. The van der Waals surface area contributed by atoms with Gasteiger partial charge in [-0.1, -0.05) is 59.1 Å². The van der Waals surface area contributed by atoms with Gasteiger partial charge in [0.05, 0.1) is 15.6 Å². The van der Waals surface area contributed by atoms with E-state index in [0.29, 0.717) is 16.0 Å². The third-order valence-corrected chi connectivity index (χ3v) is 7.41. The van der Waals surface area contributed by atoms with Gasteiger partial charge in [0.1, 0.15) is 6.29 Å². The Labute approximate surface area is 187 Å². The molecule has 30 heavy (non-hydrogen) atoms. The maximum Gasteiger partial charge on any atom is 0.345 e. The Morgan fingerprint density at radius 2 is 1.53 bits per heavy atom. The Morgan fingerprint density at radius 3 is 2.07 bits per heavy atom. The van der Waals surface area contributed by atoms with Crippen molar-refractivity contribution in [3.05, 3.63) is 69.2 Å². The monoisotopic (exact) mass is 507 g/mol. The van der Waals surface area contributed by atoms with Gasteiger partial charge in [-0.25, -0.2) is 8.42 Å². The van der Waals surface area contributed by atoms with E-state index >= 15 is 0 Å². The molecule has 0 aromatic heterocycles. The number of halogens is 3. The molecular formula is C18H13Cl3NO6PS. The molecular weight excluding hydrogens is 496 g/mol. The molecule has 3 aromatic rings. The summed E-state index contributed by atoms with van der Waals surface area (Å²) in [6.45, 7) is 0. The van der Waals surface area contributed by atoms with Gasteiger partial charge >= 0.3 is 7.60 Å². The van der Waals surface area contributed by atoms with Crippen LogP contribution in [0.3, 0.4) is 0 Å². The predicted octanol–water partition coefficient (Wildman–Crippen LogP) is 4.94. The van der Waals surface area contributed by atoms with Gasteiger partial charge in [-0.15, -0.1) is 0 Å². The Kier molecular flexibility index (Phi) is 6.51. The molecule has 0 bridgehead atoms. The summed E-state index contributed by atoms with van der Waals surface area (Å²) in [5, 5.41) is 0.439. The molecule has 0 atom stereocenters. The fourth-order valence-electron chi connectivity index (χ4n) is 2.94. The Bertz CT molecular complexity index is 1290. The van der Waals surface area contributed by atoms with E-state index in [9.17, 15) is 27.6 Å². The first-order chi connectivity index (χ1) is 13.9. The lowest BCUT2D eigenvalue weighted by molar-refractivity contribution is 0.112. The maximum atomic E-state index is 13.4. The van der Waals surface area contributed by atoms with Gasteiger partial charge in [-0.3, -0.25) is 13.7 Å². The molecule has 0 amide bonds. The highest BCUT2D eigenvalue weighted by atomic mass is 35.5. The molecule has 12 heteroatoms. The molecule has 0 saturated heterocycles. The van der Waals surface area contributed by atoms with Crippen molar-refractivity contribution in [1.82, 2.24) is 0 Å². The van der Waals surface area contributed by atoms with E-state index in [1.165, 1.54) is 18.2 Å². The number of sulfonamides is 1. The first kappa shape index (κ1) is 23.0. The first-order valence-corrected chi connectivity index (χ1v) is 12.5. The number of rotatable bonds is 6. The molecule has 0 aliphatic carbocycles. The number of nitrogens with zero attached hydrogens (tertiary/aromatic N) is 1. The predicted molar refractivity (Wildman–Crippen MR) is 117 cm³/mol. The van der Waals surface area contributed by atoms with Crippen molar-refractivity contribution in [2.45, 2.75) is 4.90 Å². The fraction of sp³-hybridized carbons (Fsp3) is 0.0556. The van der Waals surface area contributed by atoms with Crippen LogP contribution in [0.2, 0.25) is 15.1 Å². The van der Waals surface area contributed by atoms with Gasteiger partial charge in [0, 0.05) is 21.0 Å². The molecule has 0 heterocycles. The fourth-order valence-corrected chi connectivity index (χ4v) is 6.75. The van der Waals surface area contributed by atoms with E-state index in [-0.39, 0.29) is 36.6 Å². The second kappa shape index (κ2) is 8.48. The van der Waals surface area contributed by atoms with E-state index < -0.39 is 23.9 Å². The average Bonchev–Trinajstić information content (AvgIpc) is 2.64. The zero-order valence-corrected chi connectivity index (χ0v) is 18.8. The van der Waals surface area contributed by atoms with Crippen LogP contribution in [0.25, 0.3) is 10.8 Å². The van der Waals surface area contributed by atoms with Gasteiger partial charge in [-0.2, -0.15) is 0 Å². The minimum Gasteiger partial charge on any atom is -0.323 e. The van der Waals surface area contributed by atoms with Crippen molar-refractivity contribution in [2.75, 3.05) is 10.6 Å². The highest BCUT2D eigenvalue weighted by Crippen LogP contribution is 2.45. The number of hydrogen-bond donors (Lipinski definition) is 2. The molecule has 2 N–H and O–H groups in total. The molecule has 158 valence electrons. The van der Waals surface area contributed by atoms with Crippen LogP contribution in [0, 0.1) is 0 Å². The van der Waals surface area contributed by atoms with Crippen LogP contribution in [0.4, 0.5) is 5.69 Å². The summed E-state index contributed by atoms with van der Waals surface area (Å²) in [6, 6.07) is 11.0. The number of carbonyl (C=O) groups excluding carboxylic acids is 1. The van der Waals surface area contributed by atoms with Crippen molar-refractivity contribution in [3.63, 3.8) is 0 Å². The normalized spacial score (nSPS) is 12.2. The summed E-state index contributed by atoms with van der Waals surface area (Å²) in [5.74, 6) is 0. The molecule has 0 aliphatic rings. The van der Waals surface area contributed by atoms with Gasteiger partial charge in [0.2, 0.25) is 0 Å². The minimum atomic E-state index is -4.89. The lowest BCUT2D eigenvalue weighted by Gasteiger charge is -2.27. The Hall–Kier alpha value is -1.64. The quantitative estimate of drug-likeness (QED) is 0.360. The van der Waals surface area contributed by atoms with Crippen molar-refractivity contribution in [1.29, 1.82) is 0 Å². The number of benzene rings is 3. The molecule has 0 aliphatic heterocycles. The van der Waals surface area contributed by atoms with E-state index in [4.69, 9.17) is 34.8 Å². The standard InChI is InChI=1S/C18H13Cl3NO6PS/c19-12-6-13(20)8-14(7-12)30(27,28)22(10-29(24,25)26)18-16-4-2-1-3-15(16)11(9-23)5-17(18)21/h1-9H,10H2,(H2,24,25,26). The van der Waals surface area contributed by atoms with Crippen LogP contribution in [-0.4, -0.2) is 30.8 Å². The largest absolute Gasteiger partial charge is 0.345 e. The highest BCUT2D eigenvalue weighted by Gasteiger charge is 2.34. The SMILES string of the molecule is O=Cc1cc(Cl)c(N(CP(=O)(O)O)S(=O)(=O)c2cc(Cl)cc(Cl)c2)c2ccccc12. The summed E-state index contributed by atoms with van der Waals surface area (Å²) in [6.07, 6.45) is -0.639. The van der Waals surface area contributed by atoms with Crippen molar-refractivity contribution < 1.29 is 27.6 Å². The number of aldehydes is 1.